The van der Waals surface area contributed by atoms with Gasteiger partial charge in [0.1, 0.15) is 0 Å². The number of thioether (sulfide) groups is 1. The quantitative estimate of drug-likeness (QED) is 0.663. The molecule has 0 saturated heterocycles. The maximum atomic E-state index is 4.53. The van der Waals surface area contributed by atoms with Crippen LogP contribution < -0.4 is 0 Å². The molecule has 1 nitrogen and oxygen atoms in total. The van der Waals surface area contributed by atoms with Crippen molar-refractivity contribution in [3.8, 4) is 0 Å². The minimum atomic E-state index is 0.424. The lowest BCUT2D eigenvalue weighted by atomic mass is 10.1. The zero-order valence-electron chi connectivity index (χ0n) is 7.90. The van der Waals surface area contributed by atoms with Gasteiger partial charge in [-0.25, -0.2) is 0 Å². The molecule has 68 valence electrons. The van der Waals surface area contributed by atoms with Crippen LogP contribution in [0.1, 0.15) is 24.7 Å². The Morgan fingerprint density at radius 1 is 1.23 bits per heavy atom. The van der Waals surface area contributed by atoms with E-state index in [4.69, 9.17) is 0 Å². The van der Waals surface area contributed by atoms with Gasteiger partial charge in [-0.2, -0.15) is 0 Å². The van der Waals surface area contributed by atoms with Gasteiger partial charge >= 0.3 is 0 Å². The average Bonchev–Trinajstić information content (AvgIpc) is 2.47. The van der Waals surface area contributed by atoms with Gasteiger partial charge in [-0.1, -0.05) is 30.3 Å². The van der Waals surface area contributed by atoms with E-state index in [2.05, 4.69) is 49.2 Å². The second-order valence-electron chi connectivity index (χ2n) is 3.34. The van der Waals surface area contributed by atoms with Gasteiger partial charge in [-0.15, -0.1) is 11.8 Å². The first-order valence-electron chi connectivity index (χ1n) is 4.53. The van der Waals surface area contributed by atoms with Crippen LogP contribution in [0, 0.1) is 0 Å². The highest BCUT2D eigenvalue weighted by molar-refractivity contribution is 8.14. The maximum Gasteiger partial charge on any atom is 0.0655 e. The van der Waals surface area contributed by atoms with Gasteiger partial charge < -0.3 is 0 Å². The highest BCUT2D eigenvalue weighted by atomic mass is 32.2. The van der Waals surface area contributed by atoms with Crippen LogP contribution in [0.3, 0.4) is 0 Å². The number of hydrogen-bond donors (Lipinski definition) is 0. The molecule has 2 atom stereocenters. The normalized spacial score (nSPS) is 27.4. The first kappa shape index (κ1) is 8.82. The van der Waals surface area contributed by atoms with E-state index in [0.717, 1.165) is 0 Å². The van der Waals surface area contributed by atoms with E-state index in [9.17, 15) is 0 Å². The highest BCUT2D eigenvalue weighted by Gasteiger charge is 2.25. The van der Waals surface area contributed by atoms with Crippen LogP contribution in [0.25, 0.3) is 0 Å². The highest BCUT2D eigenvalue weighted by Crippen LogP contribution is 2.39. The molecule has 1 aromatic carbocycles. The van der Waals surface area contributed by atoms with E-state index >= 15 is 0 Å². The molecule has 1 aliphatic heterocycles. The summed E-state index contributed by atoms with van der Waals surface area (Å²) in [6, 6.07) is 11.0. The Kier molecular flexibility index (Phi) is 2.40. The van der Waals surface area contributed by atoms with Gasteiger partial charge in [0.05, 0.1) is 16.3 Å². The molecule has 0 aliphatic carbocycles. The van der Waals surface area contributed by atoms with Gasteiger partial charge in [-0.05, 0) is 19.4 Å². The zero-order valence-corrected chi connectivity index (χ0v) is 8.71. The largest absolute Gasteiger partial charge is 0.279 e. The van der Waals surface area contributed by atoms with Gasteiger partial charge in [0.15, 0.2) is 0 Å². The summed E-state index contributed by atoms with van der Waals surface area (Å²) in [5.41, 5.74) is 1.39. The van der Waals surface area contributed by atoms with Crippen molar-refractivity contribution in [3.63, 3.8) is 0 Å². The number of rotatable bonds is 1. The lowest BCUT2D eigenvalue weighted by Crippen LogP contribution is -2.04. The Balaban J connectivity index is 2.21. The van der Waals surface area contributed by atoms with Crippen molar-refractivity contribution >= 4 is 16.8 Å². The Morgan fingerprint density at radius 2 is 1.92 bits per heavy atom. The first-order valence-corrected chi connectivity index (χ1v) is 5.41. The van der Waals surface area contributed by atoms with E-state index in [1.165, 1.54) is 10.6 Å². The Morgan fingerprint density at radius 3 is 2.46 bits per heavy atom. The summed E-state index contributed by atoms with van der Waals surface area (Å²) in [5.74, 6) is 0. The topological polar surface area (TPSA) is 12.4 Å². The second-order valence-corrected chi connectivity index (χ2v) is 4.67. The molecule has 1 unspecified atom stereocenters. The Bertz CT molecular complexity index is 318. The van der Waals surface area contributed by atoms with Crippen molar-refractivity contribution in [2.45, 2.75) is 25.1 Å². The predicted molar refractivity (Wildman–Crippen MR) is 59.3 cm³/mol. The lowest BCUT2D eigenvalue weighted by molar-refractivity contribution is 0.740. The average molecular weight is 191 g/mol. The molecule has 0 spiro atoms. The minimum Gasteiger partial charge on any atom is -0.279 e. The fourth-order valence-corrected chi connectivity index (χ4v) is 2.80. The number of benzene rings is 1. The van der Waals surface area contributed by atoms with Crippen LogP contribution in [0.4, 0.5) is 0 Å². The Hall–Kier alpha value is -0.760. The molecule has 2 heteroatoms. The second kappa shape index (κ2) is 3.54. The minimum absolute atomic E-state index is 0.424. The maximum absolute atomic E-state index is 4.53. The number of hydrogen-bond acceptors (Lipinski definition) is 2. The van der Waals surface area contributed by atoms with Gasteiger partial charge in [0, 0.05) is 0 Å². The van der Waals surface area contributed by atoms with Crippen molar-refractivity contribution in [1.82, 2.24) is 0 Å². The van der Waals surface area contributed by atoms with Crippen molar-refractivity contribution in [2.75, 3.05) is 0 Å². The predicted octanol–water partition coefficient (Wildman–Crippen LogP) is 3.28. The molecule has 0 fully saturated rings. The molecule has 1 aromatic rings. The molecular weight excluding hydrogens is 178 g/mol. The molecule has 2 rings (SSSR count). The summed E-state index contributed by atoms with van der Waals surface area (Å²) in [5, 5.41) is 1.74. The van der Waals surface area contributed by atoms with Crippen molar-refractivity contribution in [3.05, 3.63) is 35.9 Å². The Labute approximate surface area is 83.3 Å². The van der Waals surface area contributed by atoms with E-state index < -0.39 is 0 Å². The van der Waals surface area contributed by atoms with Crippen molar-refractivity contribution in [1.29, 1.82) is 0 Å². The first-order chi connectivity index (χ1) is 6.27. The van der Waals surface area contributed by atoms with Crippen LogP contribution in [0.2, 0.25) is 0 Å². The van der Waals surface area contributed by atoms with Crippen LogP contribution in [0.5, 0.6) is 0 Å². The van der Waals surface area contributed by atoms with Gasteiger partial charge in [0.2, 0.25) is 0 Å². The summed E-state index contributed by atoms with van der Waals surface area (Å²) in [4.78, 5) is 4.53. The summed E-state index contributed by atoms with van der Waals surface area (Å²) in [7, 11) is 0. The molecule has 13 heavy (non-hydrogen) atoms. The molecule has 0 N–H and O–H groups in total. The number of aliphatic imine (C=N–C) groups is 1. The molecule has 1 heterocycles. The number of nitrogens with zero attached hydrogens (tertiary/aromatic N) is 1. The molecule has 0 radical (unpaired) electrons. The van der Waals surface area contributed by atoms with Crippen LogP contribution in [-0.2, 0) is 0 Å². The standard InChI is InChI=1S/C11H13NS/c1-8-11(13-9(2)12-8)10-6-4-3-5-7-10/h3-8,11H,1-2H3/t8-,11?/m1/s1. The van der Waals surface area contributed by atoms with Gasteiger partial charge in [-0.3, -0.25) is 4.99 Å². The summed E-state index contributed by atoms with van der Waals surface area (Å²) < 4.78 is 0. The van der Waals surface area contributed by atoms with Crippen LogP contribution in [0.15, 0.2) is 35.3 Å². The molecule has 1 aliphatic rings. The van der Waals surface area contributed by atoms with Crippen molar-refractivity contribution < 1.29 is 0 Å². The molecular formula is C11H13NS. The van der Waals surface area contributed by atoms with E-state index in [1.807, 2.05) is 11.8 Å². The van der Waals surface area contributed by atoms with Gasteiger partial charge in [0.25, 0.3) is 0 Å². The summed E-state index contributed by atoms with van der Waals surface area (Å²) in [6.45, 7) is 4.27. The van der Waals surface area contributed by atoms with E-state index in [1.54, 1.807) is 0 Å². The zero-order chi connectivity index (χ0) is 9.26. The third kappa shape index (κ3) is 1.78. The van der Waals surface area contributed by atoms with Crippen LogP contribution >= 0.6 is 11.8 Å². The third-order valence-electron chi connectivity index (χ3n) is 2.25. The fourth-order valence-electron chi connectivity index (χ4n) is 1.66. The fraction of sp³-hybridized carbons (Fsp3) is 0.364. The SMILES string of the molecule is CC1=N[C@H](C)C(c2ccccc2)S1. The van der Waals surface area contributed by atoms with Crippen LogP contribution in [-0.4, -0.2) is 11.1 Å². The van der Waals surface area contributed by atoms with E-state index in [0.29, 0.717) is 11.3 Å². The lowest BCUT2D eigenvalue weighted by Gasteiger charge is -2.12. The summed E-state index contributed by atoms with van der Waals surface area (Å²) >= 11 is 1.88. The molecule has 0 bridgehead atoms. The summed E-state index contributed by atoms with van der Waals surface area (Å²) in [6.07, 6.45) is 0. The smallest absolute Gasteiger partial charge is 0.0655 e. The molecule has 0 saturated carbocycles. The molecule has 0 aromatic heterocycles. The third-order valence-corrected chi connectivity index (χ3v) is 3.62. The molecule has 0 amide bonds. The monoisotopic (exact) mass is 191 g/mol. The van der Waals surface area contributed by atoms with Crippen molar-refractivity contribution in [2.24, 2.45) is 4.99 Å². The van der Waals surface area contributed by atoms with E-state index in [-0.39, 0.29) is 0 Å².